The van der Waals surface area contributed by atoms with Crippen LogP contribution in [0.15, 0.2) is 40.5 Å². The molecule has 2 N–H and O–H groups in total. The Labute approximate surface area is 208 Å². The summed E-state index contributed by atoms with van der Waals surface area (Å²) in [7, 11) is 0.816. The van der Waals surface area contributed by atoms with Gasteiger partial charge in [0.05, 0.1) is 29.1 Å². The minimum Gasteiger partial charge on any atom is -0.393 e. The molecular formula is C22H30N4O7S2. The van der Waals surface area contributed by atoms with E-state index in [2.05, 4.69) is 15.5 Å². The number of hydrogen-bond donors (Lipinski definition) is 2. The third-order valence-corrected chi connectivity index (χ3v) is 8.13. The number of likely N-dealkylation sites (N-methyl/N-ethyl adjacent to an activating group) is 1. The second kappa shape index (κ2) is 12.5. The molecular weight excluding hydrogens is 496 g/mol. The van der Waals surface area contributed by atoms with Crippen LogP contribution in [-0.4, -0.2) is 81.1 Å². The molecule has 2 aromatic rings. The molecule has 1 aromatic heterocycles. The Bertz CT molecular complexity index is 1120. The van der Waals surface area contributed by atoms with Gasteiger partial charge in [0.2, 0.25) is 10.0 Å². The van der Waals surface area contributed by atoms with E-state index in [-0.39, 0.29) is 29.9 Å². The predicted molar refractivity (Wildman–Crippen MR) is 131 cm³/mol. The van der Waals surface area contributed by atoms with E-state index < -0.39 is 22.0 Å². The summed E-state index contributed by atoms with van der Waals surface area (Å²) in [6, 6.07) is 5.83. The van der Waals surface area contributed by atoms with Crippen LogP contribution in [-0.2, 0) is 35.7 Å². The first-order valence-corrected chi connectivity index (χ1v) is 13.2. The van der Waals surface area contributed by atoms with Gasteiger partial charge in [0.15, 0.2) is 10.8 Å². The molecule has 1 aromatic carbocycles. The van der Waals surface area contributed by atoms with Crippen molar-refractivity contribution in [1.82, 2.24) is 9.29 Å². The van der Waals surface area contributed by atoms with Crippen LogP contribution in [0.4, 0.5) is 5.13 Å². The highest BCUT2D eigenvalue weighted by atomic mass is 32.2. The quantitative estimate of drug-likeness (QED) is 0.315. The molecule has 1 saturated carbocycles. The lowest BCUT2D eigenvalue weighted by atomic mass is 10.1. The van der Waals surface area contributed by atoms with Crippen LogP contribution >= 0.6 is 11.3 Å². The number of aliphatic hydroxyl groups is 1. The molecule has 0 aliphatic heterocycles. The van der Waals surface area contributed by atoms with E-state index >= 15 is 0 Å². The van der Waals surface area contributed by atoms with Gasteiger partial charge >= 0.3 is 0 Å². The molecule has 3 rings (SSSR count). The lowest BCUT2D eigenvalue weighted by Crippen LogP contribution is -2.30. The van der Waals surface area contributed by atoms with E-state index in [9.17, 15) is 18.3 Å². The number of aliphatic hydroxyl groups excluding tert-OH is 1. The lowest BCUT2D eigenvalue weighted by molar-refractivity contribution is -0.110. The summed E-state index contributed by atoms with van der Waals surface area (Å²) in [4.78, 5) is 23.7. The summed E-state index contributed by atoms with van der Waals surface area (Å²) in [5, 5.41) is 16.9. The number of nitrogens with zero attached hydrogens (tertiary/aromatic N) is 3. The van der Waals surface area contributed by atoms with Gasteiger partial charge in [-0.05, 0) is 25.0 Å². The summed E-state index contributed by atoms with van der Waals surface area (Å²) < 4.78 is 36.8. The van der Waals surface area contributed by atoms with E-state index in [0.717, 1.165) is 4.88 Å². The van der Waals surface area contributed by atoms with Crippen LogP contribution in [0.2, 0.25) is 0 Å². The number of hydrogen-bond acceptors (Lipinski definition) is 10. The molecule has 13 heteroatoms. The normalized spacial score (nSPS) is 18.7. The number of methoxy groups -OCH3 is 2. The number of nitrogens with one attached hydrogen (secondary N) is 1. The van der Waals surface area contributed by atoms with Crippen LogP contribution in [0.1, 0.15) is 29.7 Å². The fraction of sp³-hybridized carbons (Fsp3) is 0.500. The molecule has 1 amide bonds. The fourth-order valence-electron chi connectivity index (χ4n) is 3.40. The van der Waals surface area contributed by atoms with Gasteiger partial charge in [0, 0.05) is 46.0 Å². The topological polar surface area (TPSA) is 140 Å². The van der Waals surface area contributed by atoms with Crippen molar-refractivity contribution in [2.24, 2.45) is 5.16 Å². The van der Waals surface area contributed by atoms with Gasteiger partial charge in [-0.15, -0.1) is 0 Å². The average Bonchev–Trinajstić information content (AvgIpc) is 3.46. The number of carbonyl (C=O) groups is 1. The standard InChI is InChI=1S/C22H30N4O7S2/c1-26(10-11-31-2)35(29,30)19-8-4-15(5-9-19)20(25-33-17-7-6-16(27)12-17)21(28)24-22-23-13-18(34-22)14-32-3/h4-5,8-9,13,16-17,27H,6-7,10-12,14H2,1-3H3,(H,23,24,28)/b25-20+/t16-,17-/m1/s1. The predicted octanol–water partition coefficient (Wildman–Crippen LogP) is 1.83. The number of carbonyl (C=O) groups excluding carboxylic acids is 1. The zero-order chi connectivity index (χ0) is 25.4. The van der Waals surface area contributed by atoms with E-state index in [1.807, 2.05) is 0 Å². The number of aromatic nitrogens is 1. The molecule has 11 nitrogen and oxygen atoms in total. The van der Waals surface area contributed by atoms with Gasteiger partial charge in [-0.1, -0.05) is 28.6 Å². The maximum Gasteiger partial charge on any atom is 0.280 e. The van der Waals surface area contributed by atoms with Gasteiger partial charge in [-0.2, -0.15) is 4.31 Å². The molecule has 192 valence electrons. The monoisotopic (exact) mass is 526 g/mol. The van der Waals surface area contributed by atoms with Crippen LogP contribution < -0.4 is 5.32 Å². The number of benzene rings is 1. The first kappa shape index (κ1) is 27.2. The zero-order valence-corrected chi connectivity index (χ0v) is 21.5. The van der Waals surface area contributed by atoms with Crippen LogP contribution in [0, 0.1) is 0 Å². The number of anilines is 1. The van der Waals surface area contributed by atoms with Crippen molar-refractivity contribution in [1.29, 1.82) is 0 Å². The number of oxime groups is 1. The maximum atomic E-state index is 13.1. The molecule has 0 bridgehead atoms. The van der Waals surface area contributed by atoms with E-state index in [1.165, 1.54) is 54.1 Å². The van der Waals surface area contributed by atoms with Gasteiger partial charge in [0.25, 0.3) is 5.91 Å². The first-order chi connectivity index (χ1) is 16.7. The molecule has 35 heavy (non-hydrogen) atoms. The Morgan fingerprint density at radius 1 is 1.26 bits per heavy atom. The number of sulfonamides is 1. The number of amides is 1. The minimum atomic E-state index is -3.72. The third kappa shape index (κ3) is 7.29. The Morgan fingerprint density at radius 2 is 2.00 bits per heavy atom. The van der Waals surface area contributed by atoms with Gasteiger partial charge < -0.3 is 19.4 Å². The Morgan fingerprint density at radius 3 is 2.63 bits per heavy atom. The summed E-state index contributed by atoms with van der Waals surface area (Å²) in [5.41, 5.74) is 0.333. The molecule has 1 aliphatic carbocycles. The first-order valence-electron chi connectivity index (χ1n) is 11.0. The van der Waals surface area contributed by atoms with E-state index in [0.29, 0.717) is 36.6 Å². The van der Waals surface area contributed by atoms with Gasteiger partial charge in [-0.3, -0.25) is 10.1 Å². The molecule has 1 aliphatic rings. The highest BCUT2D eigenvalue weighted by molar-refractivity contribution is 7.89. The molecule has 0 radical (unpaired) electrons. The van der Waals surface area contributed by atoms with Crippen molar-refractivity contribution in [2.75, 3.05) is 39.7 Å². The molecule has 1 fully saturated rings. The number of thiazole rings is 1. The molecule has 2 atom stereocenters. The SMILES string of the molecule is COCCN(C)S(=O)(=O)c1ccc(/C(=N\O[C@@H]2CC[C@@H](O)C2)C(=O)Nc2ncc(COC)s2)cc1. The van der Waals surface area contributed by atoms with E-state index in [1.54, 1.807) is 13.3 Å². The lowest BCUT2D eigenvalue weighted by Gasteiger charge is -2.17. The zero-order valence-electron chi connectivity index (χ0n) is 19.8. The van der Waals surface area contributed by atoms with Crippen LogP contribution in [0.5, 0.6) is 0 Å². The second-order valence-corrected chi connectivity index (χ2v) is 11.2. The third-order valence-electron chi connectivity index (χ3n) is 5.37. The van der Waals surface area contributed by atoms with Gasteiger partial charge in [-0.25, -0.2) is 13.4 Å². The Kier molecular flexibility index (Phi) is 9.71. The van der Waals surface area contributed by atoms with Crippen molar-refractivity contribution in [3.05, 3.63) is 40.9 Å². The van der Waals surface area contributed by atoms with Crippen molar-refractivity contribution in [3.63, 3.8) is 0 Å². The van der Waals surface area contributed by atoms with Crippen molar-refractivity contribution in [3.8, 4) is 0 Å². The minimum absolute atomic E-state index is 0.0356. The van der Waals surface area contributed by atoms with Crippen molar-refractivity contribution in [2.45, 2.75) is 43.0 Å². The maximum absolute atomic E-state index is 13.1. The Balaban J connectivity index is 1.83. The molecule has 0 spiro atoms. The Hall–Kier alpha value is -2.42. The smallest absolute Gasteiger partial charge is 0.280 e. The van der Waals surface area contributed by atoms with Crippen molar-refractivity contribution >= 4 is 38.1 Å². The summed E-state index contributed by atoms with van der Waals surface area (Å²) in [6.45, 7) is 0.840. The fourth-order valence-corrected chi connectivity index (χ4v) is 5.34. The number of rotatable bonds is 12. The highest BCUT2D eigenvalue weighted by Gasteiger charge is 2.26. The summed E-state index contributed by atoms with van der Waals surface area (Å²) >= 11 is 1.27. The van der Waals surface area contributed by atoms with Gasteiger partial charge in [0.1, 0.15) is 6.10 Å². The second-order valence-electron chi connectivity index (χ2n) is 8.00. The molecule has 0 saturated heterocycles. The number of ether oxygens (including phenoxy) is 2. The average molecular weight is 527 g/mol. The van der Waals surface area contributed by atoms with Crippen LogP contribution in [0.25, 0.3) is 0 Å². The molecule has 0 unspecified atom stereocenters. The van der Waals surface area contributed by atoms with Crippen LogP contribution in [0.3, 0.4) is 0 Å². The highest BCUT2D eigenvalue weighted by Crippen LogP contribution is 2.23. The van der Waals surface area contributed by atoms with Crippen molar-refractivity contribution < 1.29 is 32.6 Å². The largest absolute Gasteiger partial charge is 0.393 e. The summed E-state index contributed by atoms with van der Waals surface area (Å²) in [5.74, 6) is -0.560. The molecule has 1 heterocycles. The van der Waals surface area contributed by atoms with E-state index in [4.69, 9.17) is 14.3 Å². The summed E-state index contributed by atoms with van der Waals surface area (Å²) in [6.07, 6.45) is 2.49.